The van der Waals surface area contributed by atoms with Gasteiger partial charge >= 0.3 is 0 Å². The Kier molecular flexibility index (Phi) is 3.23. The molecule has 1 aliphatic heterocycles. The van der Waals surface area contributed by atoms with Crippen molar-refractivity contribution in [3.05, 3.63) is 54.4 Å². The maximum Gasteiger partial charge on any atom is 0.0493 e. The standard InChI is InChI=1S/C19H21N3/c1-21-11-5-8-18(21)16-13-20-10-9-15(16)19-12-14-6-3-4-7-17(14)22(19)2/h3-4,6-7,9-10,12-13,18H,5,8,11H2,1-2H3/t18-/m0/s1. The van der Waals surface area contributed by atoms with Gasteiger partial charge in [0, 0.05) is 47.6 Å². The van der Waals surface area contributed by atoms with Gasteiger partial charge in [-0.25, -0.2) is 0 Å². The molecule has 0 N–H and O–H groups in total. The highest BCUT2D eigenvalue weighted by Gasteiger charge is 2.26. The Labute approximate surface area is 131 Å². The number of pyridine rings is 1. The van der Waals surface area contributed by atoms with Gasteiger partial charge in [-0.15, -0.1) is 0 Å². The van der Waals surface area contributed by atoms with Crippen molar-refractivity contribution < 1.29 is 0 Å². The number of nitrogens with zero attached hydrogens (tertiary/aromatic N) is 3. The van der Waals surface area contributed by atoms with E-state index >= 15 is 0 Å². The van der Waals surface area contributed by atoms with Crippen LogP contribution < -0.4 is 0 Å². The number of rotatable bonds is 2. The molecule has 0 amide bonds. The molecule has 1 aromatic carbocycles. The molecule has 0 bridgehead atoms. The summed E-state index contributed by atoms with van der Waals surface area (Å²) in [5, 5.41) is 1.29. The molecule has 112 valence electrons. The summed E-state index contributed by atoms with van der Waals surface area (Å²) in [6.07, 6.45) is 6.45. The molecule has 0 radical (unpaired) electrons. The topological polar surface area (TPSA) is 21.1 Å². The number of likely N-dealkylation sites (tertiary alicyclic amines) is 1. The Balaban J connectivity index is 1.90. The second kappa shape index (κ2) is 5.25. The molecule has 1 saturated heterocycles. The third kappa shape index (κ3) is 2.04. The molecule has 0 aliphatic carbocycles. The van der Waals surface area contributed by atoms with Gasteiger partial charge in [0.15, 0.2) is 0 Å². The fraction of sp³-hybridized carbons (Fsp3) is 0.316. The smallest absolute Gasteiger partial charge is 0.0493 e. The van der Waals surface area contributed by atoms with Crippen LogP contribution in [0, 0.1) is 0 Å². The fourth-order valence-corrected chi connectivity index (χ4v) is 3.76. The predicted octanol–water partition coefficient (Wildman–Crippen LogP) is 4.01. The molecule has 3 aromatic rings. The summed E-state index contributed by atoms with van der Waals surface area (Å²) in [5.74, 6) is 0. The summed E-state index contributed by atoms with van der Waals surface area (Å²) in [4.78, 5) is 6.85. The summed E-state index contributed by atoms with van der Waals surface area (Å²) in [5.41, 5.74) is 5.22. The first kappa shape index (κ1) is 13.5. The van der Waals surface area contributed by atoms with Crippen molar-refractivity contribution in [1.82, 2.24) is 14.5 Å². The Morgan fingerprint density at radius 3 is 2.77 bits per heavy atom. The largest absolute Gasteiger partial charge is 0.344 e. The normalized spacial score (nSPS) is 19.1. The number of aryl methyl sites for hydroxylation is 1. The zero-order valence-corrected chi connectivity index (χ0v) is 13.2. The molecule has 1 atom stereocenters. The van der Waals surface area contributed by atoms with Gasteiger partial charge in [-0.05, 0) is 50.2 Å². The first-order chi connectivity index (χ1) is 10.8. The SMILES string of the molecule is CN1CCC[C@H]1c1cnccc1-c1cc2ccccc2n1C. The third-order valence-corrected chi connectivity index (χ3v) is 4.96. The third-order valence-electron chi connectivity index (χ3n) is 4.96. The Hall–Kier alpha value is -2.13. The summed E-state index contributed by atoms with van der Waals surface area (Å²) in [6.45, 7) is 1.17. The van der Waals surface area contributed by atoms with Crippen LogP contribution in [0.25, 0.3) is 22.2 Å². The van der Waals surface area contributed by atoms with Crippen molar-refractivity contribution in [2.45, 2.75) is 18.9 Å². The monoisotopic (exact) mass is 291 g/mol. The Morgan fingerprint density at radius 1 is 1.14 bits per heavy atom. The molecule has 3 nitrogen and oxygen atoms in total. The summed E-state index contributed by atoms with van der Waals surface area (Å²) < 4.78 is 2.29. The van der Waals surface area contributed by atoms with E-state index in [-0.39, 0.29) is 0 Å². The Morgan fingerprint density at radius 2 is 2.00 bits per heavy atom. The van der Waals surface area contributed by atoms with Gasteiger partial charge in [0.25, 0.3) is 0 Å². The van der Waals surface area contributed by atoms with Crippen molar-refractivity contribution >= 4 is 10.9 Å². The van der Waals surface area contributed by atoms with Crippen LogP contribution in [0.5, 0.6) is 0 Å². The van der Waals surface area contributed by atoms with Crippen LogP contribution in [0.1, 0.15) is 24.4 Å². The molecule has 2 aromatic heterocycles. The molecule has 0 saturated carbocycles. The van der Waals surface area contributed by atoms with Gasteiger partial charge in [-0.3, -0.25) is 9.88 Å². The second-order valence-corrected chi connectivity index (χ2v) is 6.25. The van der Waals surface area contributed by atoms with Crippen molar-refractivity contribution in [2.24, 2.45) is 7.05 Å². The average molecular weight is 291 g/mol. The number of aromatic nitrogens is 2. The maximum atomic E-state index is 4.40. The molecule has 0 unspecified atom stereocenters. The first-order valence-electron chi connectivity index (χ1n) is 7.94. The zero-order valence-electron chi connectivity index (χ0n) is 13.2. The predicted molar refractivity (Wildman–Crippen MR) is 90.8 cm³/mol. The highest BCUT2D eigenvalue weighted by molar-refractivity contribution is 5.87. The van der Waals surface area contributed by atoms with Crippen LogP contribution in [0.4, 0.5) is 0 Å². The van der Waals surface area contributed by atoms with Crippen LogP contribution in [0.2, 0.25) is 0 Å². The van der Waals surface area contributed by atoms with E-state index in [1.165, 1.54) is 47.1 Å². The van der Waals surface area contributed by atoms with Gasteiger partial charge in [0.1, 0.15) is 0 Å². The minimum absolute atomic E-state index is 0.488. The minimum Gasteiger partial charge on any atom is -0.344 e. The molecule has 3 heterocycles. The van der Waals surface area contributed by atoms with E-state index in [9.17, 15) is 0 Å². The van der Waals surface area contributed by atoms with Gasteiger partial charge in [-0.1, -0.05) is 18.2 Å². The number of hydrogen-bond acceptors (Lipinski definition) is 2. The highest BCUT2D eigenvalue weighted by atomic mass is 15.1. The quantitative estimate of drug-likeness (QED) is 0.711. The lowest BCUT2D eigenvalue weighted by molar-refractivity contribution is 0.317. The van der Waals surface area contributed by atoms with Crippen molar-refractivity contribution in [1.29, 1.82) is 0 Å². The van der Waals surface area contributed by atoms with E-state index in [2.05, 4.69) is 71.1 Å². The van der Waals surface area contributed by atoms with Crippen LogP contribution in [-0.2, 0) is 7.05 Å². The lowest BCUT2D eigenvalue weighted by Gasteiger charge is -2.22. The van der Waals surface area contributed by atoms with Gasteiger partial charge in [0.05, 0.1) is 0 Å². The van der Waals surface area contributed by atoms with Crippen molar-refractivity contribution in [2.75, 3.05) is 13.6 Å². The molecule has 22 heavy (non-hydrogen) atoms. The van der Waals surface area contributed by atoms with Crippen molar-refractivity contribution in [3.63, 3.8) is 0 Å². The van der Waals surface area contributed by atoms with E-state index in [1.54, 1.807) is 0 Å². The minimum atomic E-state index is 0.488. The van der Waals surface area contributed by atoms with E-state index in [1.807, 2.05) is 6.20 Å². The molecular weight excluding hydrogens is 270 g/mol. The van der Waals surface area contributed by atoms with Crippen LogP contribution >= 0.6 is 0 Å². The van der Waals surface area contributed by atoms with Crippen molar-refractivity contribution in [3.8, 4) is 11.3 Å². The average Bonchev–Trinajstić information content (AvgIpc) is 3.12. The molecule has 1 fully saturated rings. The first-order valence-corrected chi connectivity index (χ1v) is 7.94. The summed E-state index contributed by atoms with van der Waals surface area (Å²) in [7, 11) is 4.37. The lowest BCUT2D eigenvalue weighted by atomic mass is 9.99. The molecule has 4 rings (SSSR count). The van der Waals surface area contributed by atoms with Gasteiger partial charge in [0.2, 0.25) is 0 Å². The van der Waals surface area contributed by atoms with Gasteiger partial charge in [-0.2, -0.15) is 0 Å². The lowest BCUT2D eigenvalue weighted by Crippen LogP contribution is -2.18. The van der Waals surface area contributed by atoms with E-state index < -0.39 is 0 Å². The van der Waals surface area contributed by atoms with E-state index in [0.717, 1.165) is 0 Å². The van der Waals surface area contributed by atoms with Crippen LogP contribution in [-0.4, -0.2) is 28.0 Å². The fourth-order valence-electron chi connectivity index (χ4n) is 3.76. The number of fused-ring (bicyclic) bond motifs is 1. The van der Waals surface area contributed by atoms with Gasteiger partial charge < -0.3 is 4.57 Å². The highest BCUT2D eigenvalue weighted by Crippen LogP contribution is 2.37. The maximum absolute atomic E-state index is 4.40. The van der Waals surface area contributed by atoms with E-state index in [0.29, 0.717) is 6.04 Å². The Bertz CT molecular complexity index is 818. The number of para-hydroxylation sites is 1. The molecule has 1 aliphatic rings. The zero-order chi connectivity index (χ0) is 15.1. The number of benzene rings is 1. The van der Waals surface area contributed by atoms with E-state index in [4.69, 9.17) is 0 Å². The van der Waals surface area contributed by atoms with Crippen LogP contribution in [0.3, 0.4) is 0 Å². The molecule has 3 heteroatoms. The van der Waals surface area contributed by atoms with Crippen LogP contribution in [0.15, 0.2) is 48.8 Å². The summed E-state index contributed by atoms with van der Waals surface area (Å²) in [6, 6.07) is 13.5. The summed E-state index contributed by atoms with van der Waals surface area (Å²) >= 11 is 0. The second-order valence-electron chi connectivity index (χ2n) is 6.25. The molecular formula is C19H21N3. The molecule has 0 spiro atoms. The number of hydrogen-bond donors (Lipinski definition) is 0.